The van der Waals surface area contributed by atoms with E-state index in [0.29, 0.717) is 21.9 Å². The lowest BCUT2D eigenvalue weighted by Gasteiger charge is -2.13. The molecule has 0 radical (unpaired) electrons. The molecular formula is C24H23BrN2O6S. The van der Waals surface area contributed by atoms with Gasteiger partial charge in [-0.1, -0.05) is 15.9 Å². The highest BCUT2D eigenvalue weighted by molar-refractivity contribution is 9.10. The number of ether oxygens (including phenoxy) is 2. The lowest BCUT2D eigenvalue weighted by Crippen LogP contribution is -2.21. The van der Waals surface area contributed by atoms with Crippen molar-refractivity contribution in [1.82, 2.24) is 0 Å². The fourth-order valence-electron chi connectivity index (χ4n) is 3.55. The Hall–Kier alpha value is -3.24. The van der Waals surface area contributed by atoms with Gasteiger partial charge in [0.25, 0.3) is 11.6 Å². The number of carbonyl (C=O) groups is 2. The maximum absolute atomic E-state index is 12.8. The van der Waals surface area contributed by atoms with Crippen LogP contribution in [-0.4, -0.2) is 30.0 Å². The van der Waals surface area contributed by atoms with Gasteiger partial charge in [0.05, 0.1) is 11.5 Å². The normalized spacial score (nSPS) is 10.6. The second-order valence-electron chi connectivity index (χ2n) is 7.47. The van der Waals surface area contributed by atoms with Crippen molar-refractivity contribution in [3.8, 4) is 16.9 Å². The maximum atomic E-state index is 12.8. The van der Waals surface area contributed by atoms with E-state index in [4.69, 9.17) is 9.47 Å². The third-order valence-corrected chi connectivity index (χ3v) is 6.43. The molecule has 10 heteroatoms. The van der Waals surface area contributed by atoms with Crippen LogP contribution in [0.1, 0.15) is 33.3 Å². The first-order chi connectivity index (χ1) is 16.1. The summed E-state index contributed by atoms with van der Waals surface area (Å²) in [6.07, 6.45) is 0. The molecule has 0 saturated carbocycles. The molecule has 0 saturated heterocycles. The Bertz CT molecular complexity index is 1230. The first-order valence-corrected chi connectivity index (χ1v) is 12.0. The summed E-state index contributed by atoms with van der Waals surface area (Å²) in [5.41, 5.74) is 3.11. The summed E-state index contributed by atoms with van der Waals surface area (Å²) in [6, 6.07) is 9.69. The second kappa shape index (κ2) is 10.8. The van der Waals surface area contributed by atoms with E-state index in [2.05, 4.69) is 21.2 Å². The van der Waals surface area contributed by atoms with E-state index < -0.39 is 16.8 Å². The number of halogens is 1. The molecule has 1 aromatic heterocycles. The molecule has 0 fully saturated rings. The van der Waals surface area contributed by atoms with E-state index in [9.17, 15) is 19.7 Å². The standard InChI is InChI=1S/C24H23BrN2O6S/c1-5-32-24(29)21-20(16-6-8-18(9-7-16)27(30)31)15(4)34-23(21)26-19(28)12-33-22-13(2)10-17(25)11-14(22)3/h6-11H,5,12H2,1-4H3,(H,26,28). The minimum Gasteiger partial charge on any atom is -0.483 e. The van der Waals surface area contributed by atoms with E-state index in [1.807, 2.05) is 32.9 Å². The number of nitro groups is 1. The lowest BCUT2D eigenvalue weighted by molar-refractivity contribution is -0.384. The number of esters is 1. The van der Waals surface area contributed by atoms with Crippen molar-refractivity contribution in [1.29, 1.82) is 0 Å². The number of non-ortho nitro benzene ring substituents is 1. The molecule has 8 nitrogen and oxygen atoms in total. The molecule has 1 amide bonds. The van der Waals surface area contributed by atoms with Crippen molar-refractivity contribution >= 4 is 49.8 Å². The van der Waals surface area contributed by atoms with Crippen molar-refractivity contribution in [3.63, 3.8) is 0 Å². The number of thiophene rings is 1. The van der Waals surface area contributed by atoms with Crippen molar-refractivity contribution in [3.05, 3.63) is 72.6 Å². The van der Waals surface area contributed by atoms with Crippen LogP contribution in [0.25, 0.3) is 11.1 Å². The zero-order valence-electron chi connectivity index (χ0n) is 19.1. The smallest absolute Gasteiger partial charge is 0.341 e. The number of hydrogen-bond acceptors (Lipinski definition) is 7. The molecule has 1 heterocycles. The van der Waals surface area contributed by atoms with Crippen LogP contribution in [0.5, 0.6) is 5.75 Å². The average Bonchev–Trinajstić information content (AvgIpc) is 3.08. The van der Waals surface area contributed by atoms with Gasteiger partial charge in [0.1, 0.15) is 16.3 Å². The number of hydrogen-bond donors (Lipinski definition) is 1. The highest BCUT2D eigenvalue weighted by Gasteiger charge is 2.26. The fourth-order valence-corrected chi connectivity index (χ4v) is 5.32. The predicted octanol–water partition coefficient (Wildman–Crippen LogP) is 6.21. The highest BCUT2D eigenvalue weighted by atomic mass is 79.9. The number of rotatable bonds is 8. The fraction of sp³-hybridized carbons (Fsp3) is 0.250. The second-order valence-corrected chi connectivity index (χ2v) is 9.61. The molecule has 3 aromatic rings. The van der Waals surface area contributed by atoms with Gasteiger partial charge in [0.2, 0.25) is 0 Å². The van der Waals surface area contributed by atoms with Crippen molar-refractivity contribution in [2.75, 3.05) is 18.5 Å². The van der Waals surface area contributed by atoms with Gasteiger partial charge < -0.3 is 14.8 Å². The quantitative estimate of drug-likeness (QED) is 0.204. The Labute approximate surface area is 209 Å². The lowest BCUT2D eigenvalue weighted by atomic mass is 10.0. The largest absolute Gasteiger partial charge is 0.483 e. The summed E-state index contributed by atoms with van der Waals surface area (Å²) >= 11 is 4.66. The van der Waals surface area contributed by atoms with E-state index in [1.54, 1.807) is 19.1 Å². The summed E-state index contributed by atoms with van der Waals surface area (Å²) in [5.74, 6) is -0.391. The summed E-state index contributed by atoms with van der Waals surface area (Å²) in [4.78, 5) is 36.8. The number of nitrogens with zero attached hydrogens (tertiary/aromatic N) is 1. The summed E-state index contributed by atoms with van der Waals surface area (Å²) in [7, 11) is 0. The van der Waals surface area contributed by atoms with Gasteiger partial charge in [-0.25, -0.2) is 4.79 Å². The Kier molecular flexibility index (Phi) is 8.06. The van der Waals surface area contributed by atoms with Crippen LogP contribution >= 0.6 is 27.3 Å². The molecule has 2 aromatic carbocycles. The van der Waals surface area contributed by atoms with Crippen molar-refractivity contribution in [2.24, 2.45) is 0 Å². The van der Waals surface area contributed by atoms with E-state index in [0.717, 1.165) is 20.5 Å². The topological polar surface area (TPSA) is 108 Å². The van der Waals surface area contributed by atoms with Crippen LogP contribution in [0.4, 0.5) is 10.7 Å². The van der Waals surface area contributed by atoms with Crippen LogP contribution in [0, 0.1) is 30.9 Å². The summed E-state index contributed by atoms with van der Waals surface area (Å²) in [6.45, 7) is 7.20. The Balaban J connectivity index is 1.89. The monoisotopic (exact) mass is 546 g/mol. The van der Waals surface area contributed by atoms with Crippen LogP contribution in [-0.2, 0) is 9.53 Å². The van der Waals surface area contributed by atoms with Crippen molar-refractivity contribution < 1.29 is 24.0 Å². The molecular weight excluding hydrogens is 524 g/mol. The molecule has 0 aliphatic rings. The number of carbonyl (C=O) groups excluding carboxylic acids is 2. The van der Waals surface area contributed by atoms with E-state index in [-0.39, 0.29) is 24.5 Å². The minimum atomic E-state index is -0.587. The first kappa shape index (κ1) is 25.4. The molecule has 3 rings (SSSR count). The van der Waals surface area contributed by atoms with E-state index >= 15 is 0 Å². The number of benzene rings is 2. The molecule has 0 aliphatic carbocycles. The molecule has 0 aliphatic heterocycles. The van der Waals surface area contributed by atoms with Gasteiger partial charge in [-0.3, -0.25) is 14.9 Å². The van der Waals surface area contributed by atoms with Crippen LogP contribution in [0.2, 0.25) is 0 Å². The molecule has 0 atom stereocenters. The maximum Gasteiger partial charge on any atom is 0.341 e. The Morgan fingerprint density at radius 1 is 1.12 bits per heavy atom. The SMILES string of the molecule is CCOC(=O)c1c(NC(=O)COc2c(C)cc(Br)cc2C)sc(C)c1-c1ccc([N+](=O)[O-])cc1. The highest BCUT2D eigenvalue weighted by Crippen LogP contribution is 2.41. The van der Waals surface area contributed by atoms with Crippen LogP contribution < -0.4 is 10.1 Å². The van der Waals surface area contributed by atoms with Gasteiger partial charge in [0, 0.05) is 27.0 Å². The number of nitro benzene ring substituents is 1. The first-order valence-electron chi connectivity index (χ1n) is 10.4. The van der Waals surface area contributed by atoms with Gasteiger partial charge in [0.15, 0.2) is 6.61 Å². The zero-order valence-corrected chi connectivity index (χ0v) is 21.5. The Morgan fingerprint density at radius 2 is 1.74 bits per heavy atom. The molecule has 0 spiro atoms. The van der Waals surface area contributed by atoms with Gasteiger partial charge >= 0.3 is 5.97 Å². The molecule has 1 N–H and O–H groups in total. The van der Waals surface area contributed by atoms with Gasteiger partial charge in [-0.15, -0.1) is 11.3 Å². The third-order valence-electron chi connectivity index (χ3n) is 4.96. The number of amides is 1. The molecule has 0 bridgehead atoms. The number of aryl methyl sites for hydroxylation is 3. The third kappa shape index (κ3) is 5.63. The average molecular weight is 547 g/mol. The molecule has 34 heavy (non-hydrogen) atoms. The number of anilines is 1. The van der Waals surface area contributed by atoms with Crippen LogP contribution in [0.3, 0.4) is 0 Å². The summed E-state index contributed by atoms with van der Waals surface area (Å²) < 4.78 is 11.9. The van der Waals surface area contributed by atoms with Crippen LogP contribution in [0.15, 0.2) is 40.9 Å². The van der Waals surface area contributed by atoms with E-state index in [1.165, 1.54) is 23.5 Å². The minimum absolute atomic E-state index is 0.0569. The molecule has 0 unspecified atom stereocenters. The summed E-state index contributed by atoms with van der Waals surface area (Å²) in [5, 5.41) is 14.1. The van der Waals surface area contributed by atoms with Gasteiger partial charge in [-0.2, -0.15) is 0 Å². The van der Waals surface area contributed by atoms with Gasteiger partial charge in [-0.05, 0) is 68.7 Å². The Morgan fingerprint density at radius 3 is 2.29 bits per heavy atom. The molecule has 178 valence electrons. The number of nitrogens with one attached hydrogen (secondary N) is 1. The zero-order chi connectivity index (χ0) is 25.0. The predicted molar refractivity (Wildman–Crippen MR) is 135 cm³/mol. The van der Waals surface area contributed by atoms with Crippen molar-refractivity contribution in [2.45, 2.75) is 27.7 Å².